The number of amides is 2. The summed E-state index contributed by atoms with van der Waals surface area (Å²) >= 11 is 0. The van der Waals surface area contributed by atoms with E-state index < -0.39 is 67.3 Å². The van der Waals surface area contributed by atoms with Gasteiger partial charge >= 0.3 is 25.0 Å². The van der Waals surface area contributed by atoms with Crippen molar-refractivity contribution in [2.75, 3.05) is 14.2 Å². The number of hydrogen-bond acceptors (Lipinski definition) is 11. The first-order chi connectivity index (χ1) is 19.6. The van der Waals surface area contributed by atoms with Crippen molar-refractivity contribution in [3.63, 3.8) is 0 Å². The second-order valence-corrected chi connectivity index (χ2v) is 9.94. The van der Waals surface area contributed by atoms with Crippen LogP contribution in [0.15, 0.2) is 48.9 Å². The van der Waals surface area contributed by atoms with Crippen LogP contribution < -0.4 is 10.6 Å². The molecule has 1 saturated heterocycles. The Hall–Kier alpha value is -4.33. The Bertz CT molecular complexity index is 1210. The highest BCUT2D eigenvalue weighted by atomic mass is 16.7. The zero-order valence-corrected chi connectivity index (χ0v) is 23.3. The summed E-state index contributed by atoms with van der Waals surface area (Å²) in [6, 6.07) is 8.03. The van der Waals surface area contributed by atoms with E-state index in [4.69, 9.17) is 9.31 Å². The van der Waals surface area contributed by atoms with E-state index in [1.165, 1.54) is 18.6 Å². The van der Waals surface area contributed by atoms with Gasteiger partial charge in [0.15, 0.2) is 5.60 Å². The smallest absolute Gasteiger partial charge is 0.506 e. The maximum atomic E-state index is 13.6. The molecule has 1 fully saturated rings. The number of carbonyl (C=O) groups excluding carboxylic acids is 5. The molecule has 14 heteroatoms. The molecule has 2 N–H and O–H groups in total. The second-order valence-electron chi connectivity index (χ2n) is 9.94. The van der Waals surface area contributed by atoms with Crippen LogP contribution in [0.3, 0.4) is 0 Å². The van der Waals surface area contributed by atoms with Crippen LogP contribution in [0.5, 0.6) is 0 Å². The molecule has 0 bridgehead atoms. The number of benzene rings is 1. The average Bonchev–Trinajstić information content (AvgIpc) is 3.27. The van der Waals surface area contributed by atoms with Gasteiger partial charge in [-0.05, 0) is 17.9 Å². The fourth-order valence-electron chi connectivity index (χ4n) is 4.31. The lowest BCUT2D eigenvalue weighted by Crippen LogP contribution is -2.55. The summed E-state index contributed by atoms with van der Waals surface area (Å²) < 4.78 is 20.8. The predicted molar refractivity (Wildman–Crippen MR) is 144 cm³/mol. The molecule has 3 rings (SSSR count). The first-order valence-corrected chi connectivity index (χ1v) is 13.0. The zero-order chi connectivity index (χ0) is 30.0. The van der Waals surface area contributed by atoms with Crippen molar-refractivity contribution in [2.24, 2.45) is 5.92 Å². The molecule has 41 heavy (non-hydrogen) atoms. The molecule has 0 radical (unpaired) electrons. The molecule has 218 valence electrons. The van der Waals surface area contributed by atoms with E-state index >= 15 is 0 Å². The molecule has 0 saturated carbocycles. The number of aromatic nitrogens is 2. The van der Waals surface area contributed by atoms with Gasteiger partial charge in [-0.25, -0.2) is 4.98 Å². The van der Waals surface area contributed by atoms with Gasteiger partial charge in [0.1, 0.15) is 11.7 Å². The van der Waals surface area contributed by atoms with Crippen LogP contribution in [0.2, 0.25) is 0 Å². The summed E-state index contributed by atoms with van der Waals surface area (Å²) in [5.41, 5.74) is -1.18. The summed E-state index contributed by atoms with van der Waals surface area (Å²) in [4.78, 5) is 71.7. The van der Waals surface area contributed by atoms with E-state index in [1.54, 1.807) is 0 Å². The molecule has 0 aliphatic carbocycles. The van der Waals surface area contributed by atoms with Crippen molar-refractivity contribution in [2.45, 2.75) is 57.1 Å². The number of carbonyl (C=O) groups is 5. The van der Waals surface area contributed by atoms with Gasteiger partial charge in [-0.2, -0.15) is 0 Å². The third-order valence-electron chi connectivity index (χ3n) is 6.33. The predicted octanol–water partition coefficient (Wildman–Crippen LogP) is 0.814. The second kappa shape index (κ2) is 14.3. The van der Waals surface area contributed by atoms with Gasteiger partial charge in [-0.1, -0.05) is 44.2 Å². The Kier molecular flexibility index (Phi) is 10.9. The van der Waals surface area contributed by atoms with Gasteiger partial charge < -0.3 is 29.4 Å². The lowest BCUT2D eigenvalue weighted by Gasteiger charge is -2.26. The van der Waals surface area contributed by atoms with E-state index in [1.807, 2.05) is 44.2 Å². The van der Waals surface area contributed by atoms with Gasteiger partial charge in [-0.15, -0.1) is 0 Å². The van der Waals surface area contributed by atoms with Crippen LogP contribution >= 0.6 is 0 Å². The number of ether oxygens (including phenoxy) is 2. The molecule has 1 aliphatic heterocycles. The molecule has 1 aliphatic rings. The fourth-order valence-corrected chi connectivity index (χ4v) is 4.31. The number of rotatable bonds is 13. The van der Waals surface area contributed by atoms with Crippen molar-refractivity contribution >= 4 is 36.8 Å². The molecule has 13 nitrogen and oxygen atoms in total. The van der Waals surface area contributed by atoms with Crippen molar-refractivity contribution in [3.05, 3.63) is 60.2 Å². The third-order valence-corrected chi connectivity index (χ3v) is 6.33. The Balaban J connectivity index is 1.86. The van der Waals surface area contributed by atoms with E-state index in [0.29, 0.717) is 6.42 Å². The molecular formula is C27H33BN4O9. The summed E-state index contributed by atoms with van der Waals surface area (Å²) in [6.45, 7) is 3.78. The Labute approximate surface area is 237 Å². The van der Waals surface area contributed by atoms with Gasteiger partial charge in [0.2, 0.25) is 5.91 Å². The summed E-state index contributed by atoms with van der Waals surface area (Å²) in [5.74, 6) is -4.63. The number of hydrogen-bond donors (Lipinski definition) is 2. The van der Waals surface area contributed by atoms with Gasteiger partial charge in [-0.3, -0.25) is 29.0 Å². The van der Waals surface area contributed by atoms with Crippen LogP contribution in [-0.4, -0.2) is 78.6 Å². The molecule has 2 aromatic rings. The first kappa shape index (κ1) is 31.2. The fraction of sp³-hybridized carbons (Fsp3) is 0.444. The normalized spacial score (nSPS) is 15.4. The Morgan fingerprint density at radius 3 is 2.22 bits per heavy atom. The van der Waals surface area contributed by atoms with Crippen LogP contribution in [0.25, 0.3) is 0 Å². The highest BCUT2D eigenvalue weighted by molar-refractivity contribution is 6.51. The van der Waals surface area contributed by atoms with Crippen molar-refractivity contribution in [1.82, 2.24) is 20.6 Å². The summed E-state index contributed by atoms with van der Waals surface area (Å²) in [7, 11) is 0.933. The highest BCUT2D eigenvalue weighted by Gasteiger charge is 2.58. The number of nitrogens with one attached hydrogen (secondary N) is 2. The van der Waals surface area contributed by atoms with E-state index in [9.17, 15) is 24.0 Å². The van der Waals surface area contributed by atoms with E-state index in [2.05, 4.69) is 30.1 Å². The summed E-state index contributed by atoms with van der Waals surface area (Å²) in [6.07, 6.45) is 3.31. The molecule has 0 spiro atoms. The first-order valence-electron chi connectivity index (χ1n) is 13.0. The van der Waals surface area contributed by atoms with Crippen LogP contribution in [-0.2, 0) is 44.4 Å². The average molecular weight is 568 g/mol. The Morgan fingerprint density at radius 2 is 1.66 bits per heavy atom. The number of methoxy groups -OCH3 is 2. The standard InChI is InChI=1S/C27H33BN4O9/c1-17(2)12-21(28-40-26(37)27(41-28,14-22(33)38-3)15-23(34)39-4)32-24(35)19(13-18-8-6-5-7-9-18)31-25(36)20-16-29-10-11-30-20/h5-11,16-17,19,21H,12-15H2,1-4H3,(H,31,36)(H,32,35)/t19-,21-/m0/s1. The van der Waals surface area contributed by atoms with Crippen LogP contribution in [0.1, 0.15) is 49.2 Å². The SMILES string of the molecule is COC(=O)CC1(CC(=O)OC)OB([C@H](CC(C)C)NC(=O)[C@H](Cc2ccccc2)NC(=O)c2cnccn2)OC1=O. The Morgan fingerprint density at radius 1 is 1.00 bits per heavy atom. The molecule has 0 unspecified atom stereocenters. The van der Waals surface area contributed by atoms with Gasteiger partial charge in [0, 0.05) is 18.8 Å². The molecule has 2 amide bonds. The minimum absolute atomic E-state index is 0.000531. The lowest BCUT2D eigenvalue weighted by atomic mass is 9.73. The highest BCUT2D eigenvalue weighted by Crippen LogP contribution is 2.33. The molecule has 2 heterocycles. The number of nitrogens with zero attached hydrogens (tertiary/aromatic N) is 2. The van der Waals surface area contributed by atoms with Gasteiger partial charge in [0.05, 0.1) is 39.2 Å². The zero-order valence-electron chi connectivity index (χ0n) is 23.3. The van der Waals surface area contributed by atoms with E-state index in [-0.39, 0.29) is 18.0 Å². The largest absolute Gasteiger partial charge is 0.552 e. The summed E-state index contributed by atoms with van der Waals surface area (Å²) in [5, 5.41) is 5.54. The van der Waals surface area contributed by atoms with E-state index in [0.717, 1.165) is 19.8 Å². The maximum absolute atomic E-state index is 13.6. The van der Waals surface area contributed by atoms with Crippen LogP contribution in [0.4, 0.5) is 0 Å². The maximum Gasteiger partial charge on any atom is 0.552 e. The third kappa shape index (κ3) is 8.58. The monoisotopic (exact) mass is 568 g/mol. The van der Waals surface area contributed by atoms with Crippen molar-refractivity contribution < 1.29 is 42.8 Å². The molecule has 1 aromatic heterocycles. The molecule has 1 aromatic carbocycles. The minimum Gasteiger partial charge on any atom is -0.506 e. The van der Waals surface area contributed by atoms with Crippen molar-refractivity contribution in [3.8, 4) is 0 Å². The number of esters is 2. The van der Waals surface area contributed by atoms with Crippen LogP contribution in [0, 0.1) is 5.92 Å². The lowest BCUT2D eigenvalue weighted by molar-refractivity contribution is -0.160. The minimum atomic E-state index is -1.99. The molecule has 2 atom stereocenters. The molecular weight excluding hydrogens is 535 g/mol. The quantitative estimate of drug-likeness (QED) is 0.259. The van der Waals surface area contributed by atoms with Gasteiger partial charge in [0.25, 0.3) is 5.91 Å². The topological polar surface area (TPSA) is 172 Å². The van der Waals surface area contributed by atoms with Crippen molar-refractivity contribution in [1.29, 1.82) is 0 Å².